The lowest BCUT2D eigenvalue weighted by Crippen LogP contribution is -2.31. The van der Waals surface area contributed by atoms with E-state index in [0.29, 0.717) is 6.54 Å². The molecule has 1 heterocycles. The quantitative estimate of drug-likeness (QED) is 0.478. The average Bonchev–Trinajstić information content (AvgIpc) is 2.27. The van der Waals surface area contributed by atoms with Crippen molar-refractivity contribution in [3.8, 4) is 0 Å². The minimum absolute atomic E-state index is 0.124. The molecule has 0 radical (unpaired) electrons. The summed E-state index contributed by atoms with van der Waals surface area (Å²) in [6, 6.07) is 0. The van der Waals surface area contributed by atoms with E-state index in [1.807, 2.05) is 34.6 Å². The molecule has 3 nitrogen and oxygen atoms in total. The summed E-state index contributed by atoms with van der Waals surface area (Å²) in [5.74, 6) is -0.341. The monoisotopic (exact) mass is 197 g/mol. The van der Waals surface area contributed by atoms with E-state index in [-0.39, 0.29) is 17.2 Å². The molecule has 1 unspecified atom stereocenters. The maximum atomic E-state index is 11.7. The lowest BCUT2D eigenvalue weighted by molar-refractivity contribution is -0.162. The van der Waals surface area contributed by atoms with Gasteiger partial charge in [0.1, 0.15) is 0 Å². The number of nitrogens with zero attached hydrogens (tertiary/aromatic N) is 1. The third kappa shape index (κ3) is 1.82. The molecule has 14 heavy (non-hydrogen) atoms. The third-order valence-corrected chi connectivity index (χ3v) is 2.68. The number of hydroxylamine groups is 2. The van der Waals surface area contributed by atoms with Crippen LogP contribution in [0, 0.1) is 11.3 Å². The molecule has 3 heteroatoms. The molecule has 1 atom stereocenters. The molecule has 1 fully saturated rings. The van der Waals surface area contributed by atoms with Gasteiger partial charge < -0.3 is 0 Å². The first-order valence-corrected chi connectivity index (χ1v) is 4.91. The Morgan fingerprint density at radius 3 is 2.21 bits per heavy atom. The van der Waals surface area contributed by atoms with Gasteiger partial charge in [-0.15, -0.1) is 0 Å². The third-order valence-electron chi connectivity index (χ3n) is 2.68. The number of carbonyl (C=O) groups is 1. The Balaban J connectivity index is 3.13. The Labute approximate surface area is 85.4 Å². The van der Waals surface area contributed by atoms with Crippen LogP contribution in [0.4, 0.5) is 0 Å². The summed E-state index contributed by atoms with van der Waals surface area (Å²) in [5.41, 5.74) is 2.07. The Morgan fingerprint density at radius 1 is 1.43 bits per heavy atom. The van der Waals surface area contributed by atoms with Crippen LogP contribution < -0.4 is 0 Å². The lowest BCUT2D eigenvalue weighted by Gasteiger charge is -2.26. The molecule has 1 amide bonds. The maximum Gasteiger partial charge on any atom is 0.254 e. The van der Waals surface area contributed by atoms with Crippen molar-refractivity contribution < 1.29 is 10.0 Å². The molecular weight excluding hydrogens is 178 g/mol. The Morgan fingerprint density at radius 2 is 1.93 bits per heavy atom. The zero-order valence-electron chi connectivity index (χ0n) is 9.59. The van der Waals surface area contributed by atoms with E-state index in [9.17, 15) is 10.0 Å². The fourth-order valence-electron chi connectivity index (χ4n) is 1.97. The van der Waals surface area contributed by atoms with Crippen molar-refractivity contribution in [1.29, 1.82) is 0 Å². The topological polar surface area (TPSA) is 40.5 Å². The van der Waals surface area contributed by atoms with Gasteiger partial charge in [-0.2, -0.15) is 0 Å². The number of carbonyl (C=O) groups excluding carboxylic acids is 1. The van der Waals surface area contributed by atoms with Gasteiger partial charge in [0.15, 0.2) is 0 Å². The molecule has 1 N–H and O–H groups in total. The number of amides is 1. The summed E-state index contributed by atoms with van der Waals surface area (Å²) < 4.78 is 0. The van der Waals surface area contributed by atoms with Crippen LogP contribution in [0.2, 0.25) is 0 Å². The summed E-state index contributed by atoms with van der Waals surface area (Å²) in [4.78, 5) is 11.7. The van der Waals surface area contributed by atoms with Gasteiger partial charge in [-0.1, -0.05) is 26.3 Å². The highest BCUT2D eigenvalue weighted by molar-refractivity contribution is 5.85. The average molecular weight is 197 g/mol. The van der Waals surface area contributed by atoms with Crippen LogP contribution in [0.25, 0.3) is 0 Å². The fourth-order valence-corrected chi connectivity index (χ4v) is 1.97. The standard InChI is InChI=1S/C11H19NO2/c1-7(2)8-6-12(14)10(13)9(8)11(3,4)5/h9,14H,6H2,1-5H3. The molecule has 0 aromatic carbocycles. The zero-order valence-corrected chi connectivity index (χ0v) is 9.59. The van der Waals surface area contributed by atoms with Crippen molar-refractivity contribution >= 4 is 5.91 Å². The molecule has 0 aliphatic carbocycles. The van der Waals surface area contributed by atoms with Crippen LogP contribution in [0.15, 0.2) is 11.1 Å². The minimum atomic E-state index is -0.172. The molecule has 1 rings (SSSR count). The van der Waals surface area contributed by atoms with Gasteiger partial charge in [-0.25, -0.2) is 5.06 Å². The highest BCUT2D eigenvalue weighted by Crippen LogP contribution is 2.38. The zero-order chi connectivity index (χ0) is 11.1. The van der Waals surface area contributed by atoms with Gasteiger partial charge in [0.25, 0.3) is 5.91 Å². The second-order valence-electron chi connectivity index (χ2n) is 5.22. The van der Waals surface area contributed by atoms with Gasteiger partial charge >= 0.3 is 0 Å². The predicted molar refractivity (Wildman–Crippen MR) is 54.8 cm³/mol. The molecule has 0 aromatic rings. The summed E-state index contributed by atoms with van der Waals surface area (Å²) in [5, 5.41) is 10.2. The smallest absolute Gasteiger partial charge is 0.254 e. The van der Waals surface area contributed by atoms with Gasteiger partial charge in [-0.05, 0) is 24.8 Å². The van der Waals surface area contributed by atoms with Crippen LogP contribution in [-0.2, 0) is 4.79 Å². The second-order valence-corrected chi connectivity index (χ2v) is 5.22. The largest absolute Gasteiger partial charge is 0.286 e. The van der Waals surface area contributed by atoms with Crippen LogP contribution in [0.3, 0.4) is 0 Å². The minimum Gasteiger partial charge on any atom is -0.286 e. The highest BCUT2D eigenvalue weighted by Gasteiger charge is 2.43. The first-order chi connectivity index (χ1) is 6.25. The predicted octanol–water partition coefficient (Wildman–Crippen LogP) is 2.22. The van der Waals surface area contributed by atoms with Crippen LogP contribution in [-0.4, -0.2) is 22.7 Å². The number of hydrogen-bond donors (Lipinski definition) is 1. The van der Waals surface area contributed by atoms with E-state index in [1.54, 1.807) is 0 Å². The van der Waals surface area contributed by atoms with Crippen LogP contribution in [0.5, 0.6) is 0 Å². The summed E-state index contributed by atoms with van der Waals surface area (Å²) in [6.45, 7) is 10.4. The SMILES string of the molecule is CC(C)=C1CN(O)C(=O)C1C(C)(C)C. The van der Waals surface area contributed by atoms with E-state index < -0.39 is 0 Å². The van der Waals surface area contributed by atoms with Gasteiger partial charge in [0.2, 0.25) is 0 Å². The van der Waals surface area contributed by atoms with Crippen LogP contribution in [0.1, 0.15) is 34.6 Å². The van der Waals surface area contributed by atoms with Gasteiger partial charge in [0.05, 0.1) is 12.5 Å². The Kier molecular flexibility index (Phi) is 2.72. The molecule has 0 saturated carbocycles. The fraction of sp³-hybridized carbons (Fsp3) is 0.727. The van der Waals surface area contributed by atoms with E-state index in [4.69, 9.17) is 0 Å². The first-order valence-electron chi connectivity index (χ1n) is 4.91. The van der Waals surface area contributed by atoms with Gasteiger partial charge in [-0.3, -0.25) is 10.0 Å². The molecule has 0 aromatic heterocycles. The first kappa shape index (κ1) is 11.2. The number of hydrogen-bond acceptors (Lipinski definition) is 2. The number of allylic oxidation sites excluding steroid dienone is 1. The van der Waals surface area contributed by atoms with E-state index in [0.717, 1.165) is 16.2 Å². The lowest BCUT2D eigenvalue weighted by atomic mass is 9.76. The van der Waals surface area contributed by atoms with Crippen molar-refractivity contribution in [2.75, 3.05) is 6.54 Å². The normalized spacial score (nSPS) is 23.3. The van der Waals surface area contributed by atoms with Crippen molar-refractivity contribution in [2.45, 2.75) is 34.6 Å². The maximum absolute atomic E-state index is 11.7. The van der Waals surface area contributed by atoms with Crippen molar-refractivity contribution in [3.63, 3.8) is 0 Å². The van der Waals surface area contributed by atoms with Crippen molar-refractivity contribution in [3.05, 3.63) is 11.1 Å². The van der Waals surface area contributed by atoms with Crippen LogP contribution >= 0.6 is 0 Å². The highest BCUT2D eigenvalue weighted by atomic mass is 16.5. The second kappa shape index (κ2) is 3.39. The molecule has 80 valence electrons. The van der Waals surface area contributed by atoms with E-state index in [2.05, 4.69) is 0 Å². The number of rotatable bonds is 0. The van der Waals surface area contributed by atoms with Gasteiger partial charge in [0, 0.05) is 0 Å². The summed E-state index contributed by atoms with van der Waals surface area (Å²) in [7, 11) is 0. The van der Waals surface area contributed by atoms with E-state index in [1.165, 1.54) is 0 Å². The Bertz CT molecular complexity index is 282. The molecule has 0 bridgehead atoms. The molecule has 0 spiro atoms. The van der Waals surface area contributed by atoms with Crippen molar-refractivity contribution in [1.82, 2.24) is 5.06 Å². The molecule has 1 aliphatic heterocycles. The summed E-state index contributed by atoms with van der Waals surface area (Å²) >= 11 is 0. The Hall–Kier alpha value is -0.830. The molecular formula is C11H19NO2. The van der Waals surface area contributed by atoms with Crippen molar-refractivity contribution in [2.24, 2.45) is 11.3 Å². The molecule has 1 saturated heterocycles. The van der Waals surface area contributed by atoms with E-state index >= 15 is 0 Å². The molecule has 1 aliphatic rings. The summed E-state index contributed by atoms with van der Waals surface area (Å²) in [6.07, 6.45) is 0.